The number of nitrogens with zero attached hydrogens (tertiary/aromatic N) is 2. The molecule has 14 nitrogen and oxygen atoms in total. The lowest BCUT2D eigenvalue weighted by molar-refractivity contribution is -0.117. The number of carbonyl (C=O) groups is 3. The van der Waals surface area contributed by atoms with Crippen molar-refractivity contribution in [2.45, 2.75) is 52.5 Å². The van der Waals surface area contributed by atoms with Crippen LogP contribution in [0.3, 0.4) is 0 Å². The van der Waals surface area contributed by atoms with Crippen LogP contribution in [-0.2, 0) is 32.3 Å². The van der Waals surface area contributed by atoms with Gasteiger partial charge >= 0.3 is 26.5 Å². The maximum Gasteiger partial charge on any atom is 0.419 e. The second kappa shape index (κ2) is 12.8. The van der Waals surface area contributed by atoms with Gasteiger partial charge in [-0.15, -0.1) is 0 Å². The Morgan fingerprint density at radius 2 is 1.67 bits per heavy atom. The van der Waals surface area contributed by atoms with E-state index in [0.29, 0.717) is 15.9 Å². The van der Waals surface area contributed by atoms with Gasteiger partial charge in [-0.25, -0.2) is 14.2 Å². The quantitative estimate of drug-likeness (QED) is 0.252. The summed E-state index contributed by atoms with van der Waals surface area (Å²) >= 11 is 12.6. The second-order valence-electron chi connectivity index (χ2n) is 11.7. The van der Waals surface area contributed by atoms with E-state index in [0.717, 1.165) is 11.2 Å². The third-order valence-electron chi connectivity index (χ3n) is 7.62. The minimum Gasteiger partial charge on any atom is -0.464 e. The molecule has 240 valence electrons. The summed E-state index contributed by atoms with van der Waals surface area (Å²) in [7, 11) is -6.79. The molecule has 1 aromatic heterocycles. The summed E-state index contributed by atoms with van der Waals surface area (Å²) in [4.78, 5) is 36.2. The molecular formula is C25H36Cl2N6O8S2. The van der Waals surface area contributed by atoms with Gasteiger partial charge in [0.2, 0.25) is 5.91 Å². The molecule has 18 heteroatoms. The molecular weight excluding hydrogens is 647 g/mol. The number of carbonyl (C=O) groups excluding carboxylic acids is 2. The fourth-order valence-corrected chi connectivity index (χ4v) is 7.43. The maximum absolute atomic E-state index is 13.8. The average molecular weight is 684 g/mol. The van der Waals surface area contributed by atoms with E-state index in [1.54, 1.807) is 29.8 Å². The normalized spacial score (nSPS) is 16.9. The third-order valence-corrected chi connectivity index (χ3v) is 11.0. The molecule has 1 aliphatic heterocycles. The van der Waals surface area contributed by atoms with E-state index in [2.05, 4.69) is 10.0 Å². The van der Waals surface area contributed by atoms with Crippen LogP contribution < -0.4 is 19.5 Å². The van der Waals surface area contributed by atoms with Crippen molar-refractivity contribution in [3.05, 3.63) is 33.9 Å². The average Bonchev–Trinajstić information content (AvgIpc) is 3.19. The van der Waals surface area contributed by atoms with Crippen molar-refractivity contribution in [2.75, 3.05) is 19.6 Å². The predicted molar refractivity (Wildman–Crippen MR) is 162 cm³/mol. The van der Waals surface area contributed by atoms with Gasteiger partial charge in [-0.05, 0) is 48.8 Å². The SMILES string of the molecule is CC(=O)NS(=O)(=O)N1CCC(CC(CNS(=O)(=O)NC(=O)O)C(C)(C)C)(NC(=O)c2cc3c(Cl)c(Cl)ccc3n2C)CC1. The van der Waals surface area contributed by atoms with Crippen LogP contribution in [0.2, 0.25) is 10.0 Å². The molecule has 1 saturated heterocycles. The van der Waals surface area contributed by atoms with Crippen molar-refractivity contribution in [3.63, 3.8) is 0 Å². The number of hydrogen-bond donors (Lipinski definition) is 5. The highest BCUT2D eigenvalue weighted by atomic mass is 35.5. The summed E-state index contributed by atoms with van der Waals surface area (Å²) in [5.41, 5.74) is -0.614. The van der Waals surface area contributed by atoms with Gasteiger partial charge in [0.05, 0.1) is 10.0 Å². The van der Waals surface area contributed by atoms with Crippen molar-refractivity contribution < 1.29 is 36.3 Å². The highest BCUT2D eigenvalue weighted by Crippen LogP contribution is 2.38. The Morgan fingerprint density at radius 1 is 1.07 bits per heavy atom. The summed E-state index contributed by atoms with van der Waals surface area (Å²) in [5.74, 6) is -1.66. The molecule has 0 spiro atoms. The number of rotatable bonds is 10. The number of aryl methyl sites for hydroxylation is 1. The summed E-state index contributed by atoms with van der Waals surface area (Å²) in [5, 5.41) is 13.1. The van der Waals surface area contributed by atoms with Crippen molar-refractivity contribution in [3.8, 4) is 0 Å². The van der Waals surface area contributed by atoms with Crippen LogP contribution in [0, 0.1) is 11.3 Å². The predicted octanol–water partition coefficient (Wildman–Crippen LogP) is 2.58. The van der Waals surface area contributed by atoms with Crippen molar-refractivity contribution in [1.82, 2.24) is 28.4 Å². The van der Waals surface area contributed by atoms with Crippen LogP contribution >= 0.6 is 23.2 Å². The van der Waals surface area contributed by atoms with E-state index >= 15 is 0 Å². The van der Waals surface area contributed by atoms with Gasteiger partial charge in [0.1, 0.15) is 5.69 Å². The highest BCUT2D eigenvalue weighted by molar-refractivity contribution is 7.88. The Bertz CT molecular complexity index is 1630. The molecule has 0 radical (unpaired) electrons. The van der Waals surface area contributed by atoms with Gasteiger partial charge in [0, 0.05) is 50.0 Å². The largest absolute Gasteiger partial charge is 0.464 e. The van der Waals surface area contributed by atoms with E-state index < -0.39 is 55.2 Å². The Kier molecular flexibility index (Phi) is 10.4. The number of hydrogen-bond acceptors (Lipinski definition) is 7. The molecule has 1 aliphatic rings. The van der Waals surface area contributed by atoms with Crippen molar-refractivity contribution >= 4 is 72.4 Å². The number of aromatic nitrogens is 1. The van der Waals surface area contributed by atoms with Crippen LogP contribution in [0.1, 0.15) is 57.4 Å². The van der Waals surface area contributed by atoms with Gasteiger partial charge in [0.15, 0.2) is 0 Å². The lowest BCUT2D eigenvalue weighted by Gasteiger charge is -2.46. The zero-order chi connectivity index (χ0) is 32.5. The number of nitrogens with one attached hydrogen (secondary N) is 4. The van der Waals surface area contributed by atoms with Crippen LogP contribution in [-0.4, -0.2) is 73.9 Å². The maximum atomic E-state index is 13.8. The Hall–Kier alpha value is -2.63. The number of amides is 3. The molecule has 43 heavy (non-hydrogen) atoms. The molecule has 3 amide bonds. The molecule has 1 fully saturated rings. The van der Waals surface area contributed by atoms with Gasteiger partial charge in [-0.1, -0.05) is 44.0 Å². The van der Waals surface area contributed by atoms with Gasteiger partial charge in [-0.3, -0.25) is 9.59 Å². The summed E-state index contributed by atoms with van der Waals surface area (Å²) < 4.78 is 58.2. The molecule has 5 N–H and O–H groups in total. The fourth-order valence-electron chi connectivity index (χ4n) is 5.17. The first kappa shape index (κ1) is 34.9. The van der Waals surface area contributed by atoms with Crippen LogP contribution in [0.4, 0.5) is 4.79 Å². The highest BCUT2D eigenvalue weighted by Gasteiger charge is 2.43. The Balaban J connectivity index is 1.97. The lowest BCUT2D eigenvalue weighted by atomic mass is 9.70. The molecule has 0 bridgehead atoms. The first-order valence-electron chi connectivity index (χ1n) is 13.2. The number of halogens is 2. The number of fused-ring (bicyclic) bond motifs is 1. The van der Waals surface area contributed by atoms with Gasteiger partial charge in [0.25, 0.3) is 5.91 Å². The molecule has 2 aromatic rings. The van der Waals surface area contributed by atoms with Crippen LogP contribution in [0.25, 0.3) is 10.9 Å². The van der Waals surface area contributed by atoms with Crippen molar-refractivity contribution in [1.29, 1.82) is 0 Å². The van der Waals surface area contributed by atoms with Crippen LogP contribution in [0.15, 0.2) is 18.2 Å². The number of piperidine rings is 1. The van der Waals surface area contributed by atoms with Crippen molar-refractivity contribution in [2.24, 2.45) is 18.4 Å². The minimum absolute atomic E-state index is 0.0391. The minimum atomic E-state index is -4.37. The van der Waals surface area contributed by atoms with E-state index in [9.17, 15) is 31.2 Å². The zero-order valence-corrected chi connectivity index (χ0v) is 27.5. The smallest absolute Gasteiger partial charge is 0.419 e. The van der Waals surface area contributed by atoms with E-state index in [1.807, 2.05) is 25.5 Å². The van der Waals surface area contributed by atoms with E-state index in [1.165, 1.54) is 4.72 Å². The molecule has 1 unspecified atom stereocenters. The molecule has 0 saturated carbocycles. The topological polar surface area (TPSA) is 196 Å². The second-order valence-corrected chi connectivity index (χ2v) is 15.7. The monoisotopic (exact) mass is 682 g/mol. The molecule has 0 aliphatic carbocycles. The first-order chi connectivity index (χ1) is 19.7. The van der Waals surface area contributed by atoms with E-state index in [4.69, 9.17) is 28.3 Å². The Labute approximate surface area is 260 Å². The van der Waals surface area contributed by atoms with Gasteiger partial charge in [-0.2, -0.15) is 25.9 Å². The molecule has 1 atom stereocenters. The van der Waals surface area contributed by atoms with E-state index in [-0.39, 0.29) is 49.6 Å². The molecule has 3 rings (SSSR count). The molecule has 1 aromatic carbocycles. The summed E-state index contributed by atoms with van der Waals surface area (Å²) in [6, 6.07) is 4.96. The lowest BCUT2D eigenvalue weighted by Crippen LogP contribution is -2.59. The number of carboxylic acid groups (broad SMARTS) is 1. The van der Waals surface area contributed by atoms with Crippen LogP contribution in [0.5, 0.6) is 0 Å². The summed E-state index contributed by atoms with van der Waals surface area (Å²) in [6.45, 7) is 6.46. The fraction of sp³-hybridized carbons (Fsp3) is 0.560. The number of benzene rings is 1. The standard InChI is InChI=1S/C25H36Cl2N6O8S2/c1-15(34)30-43(40,41)33-10-8-25(9-11-33,13-16(24(2,3)4)14-28-42(38,39)31-23(36)37)29-22(35)20-12-17-19(32(20)5)7-6-18(26)21(17)27/h6-7,12,16,28,31H,8-11,13-14H2,1-5H3,(H,29,35)(H,30,34)(H,36,37). The van der Waals surface area contributed by atoms with Gasteiger partial charge < -0.3 is 15.0 Å². The zero-order valence-electron chi connectivity index (χ0n) is 24.3. The molecule has 2 heterocycles. The summed E-state index contributed by atoms with van der Waals surface area (Å²) in [6.07, 6.45) is -1.25. The first-order valence-corrected chi connectivity index (χ1v) is 16.9. The Morgan fingerprint density at radius 3 is 2.21 bits per heavy atom. The third kappa shape index (κ3) is 8.51.